The second-order valence-corrected chi connectivity index (χ2v) is 9.38. The molecule has 0 bridgehead atoms. The van der Waals surface area contributed by atoms with Crippen LogP contribution in [0.2, 0.25) is 0 Å². The number of hydrogen-bond donors (Lipinski definition) is 1. The molecule has 178 valence electrons. The van der Waals surface area contributed by atoms with E-state index in [0.29, 0.717) is 36.2 Å². The number of anilines is 1. The van der Waals surface area contributed by atoms with Crippen LogP contribution >= 0.6 is 0 Å². The molecule has 3 aromatic rings. The first-order valence-electron chi connectivity index (χ1n) is 12.0. The molecule has 2 aromatic heterocycles. The van der Waals surface area contributed by atoms with E-state index in [1.54, 1.807) is 6.07 Å². The molecule has 0 atom stereocenters. The molecule has 0 unspecified atom stereocenters. The molecule has 1 aliphatic heterocycles. The van der Waals surface area contributed by atoms with Gasteiger partial charge in [-0.25, -0.2) is 4.98 Å². The summed E-state index contributed by atoms with van der Waals surface area (Å²) in [5.74, 6) is 1.63. The molecule has 3 heterocycles. The van der Waals surface area contributed by atoms with E-state index < -0.39 is 0 Å². The van der Waals surface area contributed by atoms with Gasteiger partial charge >= 0.3 is 0 Å². The monoisotopic (exact) mass is 461 g/mol. The lowest BCUT2D eigenvalue weighted by molar-refractivity contribution is -0.119. The lowest BCUT2D eigenvalue weighted by Crippen LogP contribution is -2.38. The number of pyridine rings is 1. The van der Waals surface area contributed by atoms with Crippen molar-refractivity contribution in [1.82, 2.24) is 19.4 Å². The number of carbonyl (C=O) groups excluding carboxylic acids is 2. The van der Waals surface area contributed by atoms with Crippen molar-refractivity contribution in [3.63, 3.8) is 0 Å². The van der Waals surface area contributed by atoms with Crippen LogP contribution in [0.15, 0.2) is 36.7 Å². The molecule has 1 N–H and O–H groups in total. The van der Waals surface area contributed by atoms with Crippen LogP contribution in [0, 0.1) is 0 Å². The Morgan fingerprint density at radius 1 is 1.09 bits per heavy atom. The fraction of sp³-hybridized carbons (Fsp3) is 0.462. The average molecular weight is 462 g/mol. The van der Waals surface area contributed by atoms with Gasteiger partial charge in [-0.05, 0) is 61.4 Å². The second kappa shape index (κ2) is 9.54. The molecule has 1 aromatic carbocycles. The summed E-state index contributed by atoms with van der Waals surface area (Å²) < 4.78 is 7.03. The van der Waals surface area contributed by atoms with Gasteiger partial charge in [-0.1, -0.05) is 6.42 Å². The summed E-state index contributed by atoms with van der Waals surface area (Å²) in [6.07, 6.45) is 8.96. The van der Waals surface area contributed by atoms with Crippen LogP contribution in [0.25, 0.3) is 11.0 Å². The maximum Gasteiger partial charge on any atom is 0.256 e. The van der Waals surface area contributed by atoms with E-state index in [2.05, 4.69) is 27.0 Å². The number of aryl methyl sites for hydroxylation is 1. The van der Waals surface area contributed by atoms with Gasteiger partial charge in [0.25, 0.3) is 5.91 Å². The Morgan fingerprint density at radius 3 is 2.47 bits per heavy atom. The van der Waals surface area contributed by atoms with Gasteiger partial charge in [0.15, 0.2) is 0 Å². The number of fused-ring (bicyclic) bond motifs is 1. The minimum atomic E-state index is -0.256. The molecular formula is C26H31N5O3. The number of ether oxygens (including phenoxy) is 1. The molecule has 2 amide bonds. The highest BCUT2D eigenvalue weighted by Crippen LogP contribution is 2.38. The number of methoxy groups -OCH3 is 1. The Bertz CT molecular complexity index is 1190. The smallest absolute Gasteiger partial charge is 0.256 e. The van der Waals surface area contributed by atoms with Crippen LogP contribution in [-0.4, -0.2) is 58.1 Å². The van der Waals surface area contributed by atoms with Crippen LogP contribution in [0.5, 0.6) is 0 Å². The standard InChI is InChI=1S/C26H31N5O3/c1-30-24-21(26(33)31-12-8-18(9-13-31)17-6-10-27-11-7-17)14-20(28-23(32)16-34-2)15-22(24)29-25(30)19-4-3-5-19/h6-7,10-11,14-15,18-19H,3-5,8-9,12-13,16H2,1-2H3,(H,28,32). The number of carbonyl (C=O) groups is 2. The molecular weight excluding hydrogens is 430 g/mol. The number of amides is 2. The van der Waals surface area contributed by atoms with Crippen molar-refractivity contribution in [2.24, 2.45) is 7.05 Å². The van der Waals surface area contributed by atoms with Crippen LogP contribution in [0.4, 0.5) is 5.69 Å². The van der Waals surface area contributed by atoms with Gasteiger partial charge in [0.2, 0.25) is 5.91 Å². The van der Waals surface area contributed by atoms with Gasteiger partial charge in [-0.2, -0.15) is 0 Å². The number of benzene rings is 1. The van der Waals surface area contributed by atoms with Crippen molar-refractivity contribution >= 4 is 28.5 Å². The highest BCUT2D eigenvalue weighted by atomic mass is 16.5. The van der Waals surface area contributed by atoms with Crippen LogP contribution in [0.1, 0.15) is 65.7 Å². The first-order chi connectivity index (χ1) is 16.5. The fourth-order valence-electron chi connectivity index (χ4n) is 5.19. The van der Waals surface area contributed by atoms with Crippen molar-refractivity contribution in [2.75, 3.05) is 32.1 Å². The molecule has 2 fully saturated rings. The predicted octanol–water partition coefficient (Wildman–Crippen LogP) is 3.84. The van der Waals surface area contributed by atoms with Crippen molar-refractivity contribution in [3.8, 4) is 0 Å². The van der Waals surface area contributed by atoms with E-state index in [4.69, 9.17) is 9.72 Å². The normalized spacial score (nSPS) is 17.1. The average Bonchev–Trinajstić information content (AvgIpc) is 3.13. The zero-order valence-electron chi connectivity index (χ0n) is 19.8. The van der Waals surface area contributed by atoms with Gasteiger partial charge in [0.1, 0.15) is 12.4 Å². The summed E-state index contributed by atoms with van der Waals surface area (Å²) in [5.41, 5.74) is 4.03. The minimum absolute atomic E-state index is 0.0100. The molecule has 8 heteroatoms. The van der Waals surface area contributed by atoms with Crippen molar-refractivity contribution in [2.45, 2.75) is 43.9 Å². The number of nitrogens with one attached hydrogen (secondary N) is 1. The van der Waals surface area contributed by atoms with Gasteiger partial charge in [0, 0.05) is 51.2 Å². The lowest BCUT2D eigenvalue weighted by Gasteiger charge is -2.32. The third-order valence-corrected chi connectivity index (χ3v) is 7.22. The number of piperidine rings is 1. The number of nitrogens with zero attached hydrogens (tertiary/aromatic N) is 4. The van der Waals surface area contributed by atoms with Crippen LogP contribution < -0.4 is 5.32 Å². The third-order valence-electron chi connectivity index (χ3n) is 7.22. The maximum atomic E-state index is 13.8. The van der Waals surface area contributed by atoms with Crippen LogP contribution in [-0.2, 0) is 16.6 Å². The highest BCUT2D eigenvalue weighted by molar-refractivity contribution is 6.07. The molecule has 8 nitrogen and oxygen atoms in total. The summed E-state index contributed by atoms with van der Waals surface area (Å²) in [6, 6.07) is 7.78. The van der Waals surface area contributed by atoms with Crippen molar-refractivity contribution in [3.05, 3.63) is 53.6 Å². The Labute approximate surface area is 199 Å². The van der Waals surface area contributed by atoms with E-state index in [0.717, 1.165) is 42.5 Å². The highest BCUT2D eigenvalue weighted by Gasteiger charge is 2.30. The Kier molecular flexibility index (Phi) is 6.32. The first-order valence-corrected chi connectivity index (χ1v) is 12.0. The predicted molar refractivity (Wildman–Crippen MR) is 130 cm³/mol. The summed E-state index contributed by atoms with van der Waals surface area (Å²) in [4.78, 5) is 36.9. The first kappa shape index (κ1) is 22.5. The van der Waals surface area contributed by atoms with Crippen molar-refractivity contribution < 1.29 is 14.3 Å². The number of imidazole rings is 1. The third kappa shape index (κ3) is 4.30. The Balaban J connectivity index is 1.45. The molecule has 1 saturated carbocycles. The topological polar surface area (TPSA) is 89.3 Å². The van der Waals surface area contributed by atoms with Gasteiger partial charge in [-0.3, -0.25) is 14.6 Å². The zero-order chi connectivity index (χ0) is 23.7. The van der Waals surface area contributed by atoms with Gasteiger partial charge in [-0.15, -0.1) is 0 Å². The summed E-state index contributed by atoms with van der Waals surface area (Å²) in [7, 11) is 3.48. The molecule has 1 aliphatic carbocycles. The molecule has 0 spiro atoms. The van der Waals surface area contributed by atoms with E-state index >= 15 is 0 Å². The van der Waals surface area contributed by atoms with Crippen molar-refractivity contribution in [1.29, 1.82) is 0 Å². The van der Waals surface area contributed by atoms with E-state index in [1.165, 1.54) is 19.1 Å². The van der Waals surface area contributed by atoms with E-state index in [9.17, 15) is 9.59 Å². The Morgan fingerprint density at radius 2 is 1.82 bits per heavy atom. The Hall–Kier alpha value is -3.26. The summed E-state index contributed by atoms with van der Waals surface area (Å²) in [6.45, 7) is 1.35. The minimum Gasteiger partial charge on any atom is -0.375 e. The van der Waals surface area contributed by atoms with Gasteiger partial charge in [0.05, 0.1) is 16.6 Å². The largest absolute Gasteiger partial charge is 0.375 e. The summed E-state index contributed by atoms with van der Waals surface area (Å²) in [5, 5.41) is 2.86. The molecule has 1 saturated heterocycles. The number of rotatable bonds is 6. The lowest BCUT2D eigenvalue weighted by atomic mass is 9.85. The molecule has 0 radical (unpaired) electrons. The molecule has 34 heavy (non-hydrogen) atoms. The van der Waals surface area contributed by atoms with Crippen LogP contribution in [0.3, 0.4) is 0 Å². The number of likely N-dealkylation sites (tertiary alicyclic amines) is 1. The maximum absolute atomic E-state index is 13.8. The fourth-order valence-corrected chi connectivity index (χ4v) is 5.19. The molecule has 2 aliphatic rings. The van der Waals surface area contributed by atoms with E-state index in [1.807, 2.05) is 30.4 Å². The van der Waals surface area contributed by atoms with Gasteiger partial charge < -0.3 is 19.5 Å². The number of hydrogen-bond acceptors (Lipinski definition) is 5. The second-order valence-electron chi connectivity index (χ2n) is 9.38. The number of aromatic nitrogens is 3. The summed E-state index contributed by atoms with van der Waals surface area (Å²) >= 11 is 0. The van der Waals surface area contributed by atoms with E-state index in [-0.39, 0.29) is 18.4 Å². The zero-order valence-corrected chi connectivity index (χ0v) is 19.8. The quantitative estimate of drug-likeness (QED) is 0.602. The SMILES string of the molecule is COCC(=O)Nc1cc(C(=O)N2CCC(c3ccncc3)CC2)c2c(c1)nc(C1CCC1)n2C. The molecule has 5 rings (SSSR count).